The van der Waals surface area contributed by atoms with E-state index in [-0.39, 0.29) is 31.3 Å². The zero-order valence-electron chi connectivity index (χ0n) is 20.9. The van der Waals surface area contributed by atoms with Gasteiger partial charge in [-0.2, -0.15) is 0 Å². The molecule has 0 fully saturated rings. The number of amides is 2. The van der Waals surface area contributed by atoms with E-state index in [0.29, 0.717) is 21.4 Å². The van der Waals surface area contributed by atoms with Crippen molar-refractivity contribution in [2.75, 3.05) is 7.11 Å². The second kappa shape index (κ2) is 13.1. The third kappa shape index (κ3) is 7.15. The van der Waals surface area contributed by atoms with Crippen LogP contribution in [0.5, 0.6) is 5.75 Å². The molecule has 0 aliphatic heterocycles. The van der Waals surface area contributed by atoms with Gasteiger partial charge in [-0.05, 0) is 52.6 Å². The zero-order valence-corrected chi connectivity index (χ0v) is 22.5. The first-order chi connectivity index (χ1) is 18.4. The number of carbonyl (C=O) groups is 2. The third-order valence-electron chi connectivity index (χ3n) is 6.19. The maximum atomic E-state index is 13.8. The fraction of sp³-hybridized carbons (Fsp3) is 0.161. The molecule has 1 atom stereocenters. The van der Waals surface area contributed by atoms with Gasteiger partial charge in [0.1, 0.15) is 11.8 Å². The number of hydrogen-bond acceptors (Lipinski definition) is 3. The van der Waals surface area contributed by atoms with Crippen molar-refractivity contribution >= 4 is 35.0 Å². The summed E-state index contributed by atoms with van der Waals surface area (Å²) in [6.07, 6.45) is 0.119. The summed E-state index contributed by atoms with van der Waals surface area (Å²) in [4.78, 5) is 29.2. The summed E-state index contributed by atoms with van der Waals surface area (Å²) in [7, 11) is 1.60. The van der Waals surface area contributed by atoms with Crippen LogP contribution in [-0.2, 0) is 29.1 Å². The van der Waals surface area contributed by atoms with Crippen LogP contribution in [0, 0.1) is 0 Å². The topological polar surface area (TPSA) is 58.6 Å². The Morgan fingerprint density at radius 2 is 1.45 bits per heavy atom. The number of nitrogens with one attached hydrogen (secondary N) is 1. The van der Waals surface area contributed by atoms with Crippen molar-refractivity contribution < 1.29 is 14.3 Å². The third-order valence-corrected chi connectivity index (χ3v) is 6.81. The minimum atomic E-state index is -0.861. The van der Waals surface area contributed by atoms with Crippen molar-refractivity contribution in [2.45, 2.75) is 25.6 Å². The van der Waals surface area contributed by atoms with Crippen LogP contribution in [0.4, 0.5) is 0 Å². The lowest BCUT2D eigenvalue weighted by atomic mass is 10.0. The highest BCUT2D eigenvalue weighted by atomic mass is 35.5. The van der Waals surface area contributed by atoms with Crippen LogP contribution >= 0.6 is 23.2 Å². The number of rotatable bonds is 10. The molecule has 2 amide bonds. The molecule has 4 rings (SSSR count). The molecule has 4 aromatic rings. The van der Waals surface area contributed by atoms with Gasteiger partial charge in [-0.3, -0.25) is 9.59 Å². The van der Waals surface area contributed by atoms with E-state index in [2.05, 4.69) is 5.32 Å². The van der Waals surface area contributed by atoms with E-state index in [1.165, 1.54) is 0 Å². The van der Waals surface area contributed by atoms with Crippen molar-refractivity contribution in [3.05, 3.63) is 135 Å². The average Bonchev–Trinajstić information content (AvgIpc) is 2.94. The Balaban J connectivity index is 1.68. The molecule has 0 saturated carbocycles. The Kier molecular flexibility index (Phi) is 9.41. The average molecular weight is 547 g/mol. The normalized spacial score (nSPS) is 11.4. The van der Waals surface area contributed by atoms with Gasteiger partial charge >= 0.3 is 0 Å². The second-order valence-corrected chi connectivity index (χ2v) is 9.64. The van der Waals surface area contributed by atoms with E-state index in [1.807, 2.05) is 84.9 Å². The number of carbonyl (C=O) groups excluding carboxylic acids is 2. The van der Waals surface area contributed by atoms with Crippen molar-refractivity contribution in [3.8, 4) is 5.75 Å². The molecule has 0 aliphatic carbocycles. The summed E-state index contributed by atoms with van der Waals surface area (Å²) < 4.78 is 5.28. The van der Waals surface area contributed by atoms with Gasteiger partial charge in [0, 0.05) is 23.1 Å². The summed E-state index contributed by atoms with van der Waals surface area (Å²) in [5.74, 6) is 0.226. The first-order valence-corrected chi connectivity index (χ1v) is 12.9. The first kappa shape index (κ1) is 27.2. The number of nitrogens with zero attached hydrogens (tertiary/aromatic N) is 1. The van der Waals surface area contributed by atoms with E-state index in [0.717, 1.165) is 16.7 Å². The highest BCUT2D eigenvalue weighted by Crippen LogP contribution is 2.26. The van der Waals surface area contributed by atoms with Gasteiger partial charge in [0.15, 0.2) is 0 Å². The van der Waals surface area contributed by atoms with Gasteiger partial charge < -0.3 is 15.0 Å². The molecule has 7 heteroatoms. The molecular weight excluding hydrogens is 519 g/mol. The zero-order chi connectivity index (χ0) is 26.9. The number of ether oxygens (including phenoxy) is 1. The molecule has 0 unspecified atom stereocenters. The van der Waals surface area contributed by atoms with Crippen LogP contribution in [0.25, 0.3) is 0 Å². The first-order valence-electron chi connectivity index (χ1n) is 12.2. The summed E-state index contributed by atoms with van der Waals surface area (Å²) in [5.41, 5.74) is 3.18. The Bertz CT molecular complexity index is 1360. The lowest BCUT2D eigenvalue weighted by Crippen LogP contribution is -2.43. The largest absolute Gasteiger partial charge is 0.497 e. The molecule has 0 aromatic heterocycles. The summed E-state index contributed by atoms with van der Waals surface area (Å²) in [5, 5.41) is 4.16. The molecule has 4 aromatic carbocycles. The second-order valence-electron chi connectivity index (χ2n) is 8.80. The number of benzene rings is 4. The maximum absolute atomic E-state index is 13.8. The molecule has 0 heterocycles. The minimum Gasteiger partial charge on any atom is -0.497 e. The molecule has 0 spiro atoms. The van der Waals surface area contributed by atoms with Crippen LogP contribution in [0.1, 0.15) is 28.3 Å². The van der Waals surface area contributed by atoms with Crippen molar-refractivity contribution in [3.63, 3.8) is 0 Å². The van der Waals surface area contributed by atoms with Gasteiger partial charge in [0.05, 0.1) is 13.5 Å². The number of hydrogen-bond donors (Lipinski definition) is 1. The van der Waals surface area contributed by atoms with Gasteiger partial charge in [0.2, 0.25) is 11.8 Å². The number of halogens is 2. The van der Waals surface area contributed by atoms with E-state index in [1.54, 1.807) is 30.2 Å². The molecular formula is C31H28Cl2N2O3. The molecule has 0 aliphatic rings. The molecule has 194 valence electrons. The Morgan fingerprint density at radius 1 is 0.816 bits per heavy atom. The predicted molar refractivity (Wildman–Crippen MR) is 151 cm³/mol. The summed E-state index contributed by atoms with van der Waals surface area (Å²) in [6.45, 7) is 0.471. The van der Waals surface area contributed by atoms with E-state index >= 15 is 0 Å². The maximum Gasteiger partial charge on any atom is 0.247 e. The predicted octanol–water partition coefficient (Wildman–Crippen LogP) is 6.63. The monoisotopic (exact) mass is 546 g/mol. The Hall–Kier alpha value is -3.80. The van der Waals surface area contributed by atoms with E-state index < -0.39 is 6.04 Å². The van der Waals surface area contributed by atoms with Gasteiger partial charge in [-0.1, -0.05) is 96.0 Å². The lowest BCUT2D eigenvalue weighted by Gasteiger charge is -2.32. The quantitative estimate of drug-likeness (QED) is 0.243. The van der Waals surface area contributed by atoms with E-state index in [9.17, 15) is 9.59 Å². The van der Waals surface area contributed by atoms with Crippen LogP contribution in [-0.4, -0.2) is 23.8 Å². The van der Waals surface area contributed by atoms with Crippen molar-refractivity contribution in [2.24, 2.45) is 0 Å². The fourth-order valence-corrected chi connectivity index (χ4v) is 4.49. The van der Waals surface area contributed by atoms with Gasteiger partial charge in [-0.15, -0.1) is 0 Å². The van der Waals surface area contributed by atoms with Crippen LogP contribution in [0.2, 0.25) is 10.0 Å². The van der Waals surface area contributed by atoms with Gasteiger partial charge in [0.25, 0.3) is 0 Å². The molecule has 0 bridgehead atoms. The molecule has 5 nitrogen and oxygen atoms in total. The van der Waals surface area contributed by atoms with Crippen molar-refractivity contribution in [1.82, 2.24) is 10.2 Å². The van der Waals surface area contributed by atoms with Crippen LogP contribution in [0.15, 0.2) is 103 Å². The molecule has 1 N–H and O–H groups in total. The standard InChI is InChI=1S/C31H28Cl2N2O3/c1-38-27-17-13-23(14-18-27)21-35(29(36)19-22-11-15-26(32)16-12-22)30(24-7-3-2-4-8-24)31(37)34-20-25-9-5-6-10-28(25)33/h2-18,30H,19-21H2,1H3,(H,34,37)/t30-/m1/s1. The molecule has 0 saturated heterocycles. The number of methoxy groups -OCH3 is 1. The lowest BCUT2D eigenvalue weighted by molar-refractivity contribution is -0.141. The molecule has 38 heavy (non-hydrogen) atoms. The van der Waals surface area contributed by atoms with E-state index in [4.69, 9.17) is 27.9 Å². The summed E-state index contributed by atoms with van der Waals surface area (Å²) >= 11 is 12.4. The van der Waals surface area contributed by atoms with Crippen LogP contribution in [0.3, 0.4) is 0 Å². The smallest absolute Gasteiger partial charge is 0.247 e. The highest BCUT2D eigenvalue weighted by Gasteiger charge is 2.31. The summed E-state index contributed by atoms with van der Waals surface area (Å²) in [6, 6.07) is 30.4. The van der Waals surface area contributed by atoms with Gasteiger partial charge in [-0.25, -0.2) is 0 Å². The van der Waals surface area contributed by atoms with Crippen LogP contribution < -0.4 is 10.1 Å². The Labute approximate surface area is 233 Å². The minimum absolute atomic E-state index is 0.119. The fourth-order valence-electron chi connectivity index (χ4n) is 4.16. The molecule has 0 radical (unpaired) electrons. The highest BCUT2D eigenvalue weighted by molar-refractivity contribution is 6.31. The van der Waals surface area contributed by atoms with Crippen molar-refractivity contribution in [1.29, 1.82) is 0 Å². The Morgan fingerprint density at radius 3 is 2.11 bits per heavy atom. The SMILES string of the molecule is COc1ccc(CN(C(=O)Cc2ccc(Cl)cc2)[C@@H](C(=O)NCc2ccccc2Cl)c2ccccc2)cc1.